The fraction of sp³-hybridized carbons (Fsp3) is 1.00. The van der Waals surface area contributed by atoms with Crippen LogP contribution in [0.4, 0.5) is 0 Å². The first-order valence-corrected chi connectivity index (χ1v) is 8.08. The zero-order chi connectivity index (χ0) is 11.6. The standard InChI is InChI=1S/C14H26BrN/c1-3-13(4-2)8-9-16(11-13)12-14(10-15)6-5-7-14/h3-12H2,1-2H3. The third-order valence-corrected chi connectivity index (χ3v) is 6.46. The van der Waals surface area contributed by atoms with Crippen LogP contribution in [0.5, 0.6) is 0 Å². The average Bonchev–Trinajstić information content (AvgIpc) is 2.68. The van der Waals surface area contributed by atoms with Crippen molar-refractivity contribution in [2.24, 2.45) is 10.8 Å². The number of likely N-dealkylation sites (tertiary alicyclic amines) is 1. The van der Waals surface area contributed by atoms with Gasteiger partial charge >= 0.3 is 0 Å². The van der Waals surface area contributed by atoms with E-state index in [9.17, 15) is 0 Å². The Morgan fingerprint density at radius 3 is 2.12 bits per heavy atom. The second kappa shape index (κ2) is 4.97. The molecule has 1 aliphatic heterocycles. The molecule has 0 amide bonds. The molecule has 0 bridgehead atoms. The maximum absolute atomic E-state index is 3.73. The Morgan fingerprint density at radius 2 is 1.75 bits per heavy atom. The SMILES string of the molecule is CCC1(CC)CCN(CC2(CBr)CCC2)C1. The number of hydrogen-bond donors (Lipinski definition) is 0. The van der Waals surface area contributed by atoms with Crippen molar-refractivity contribution in [2.75, 3.05) is 25.0 Å². The Kier molecular flexibility index (Phi) is 4.01. The van der Waals surface area contributed by atoms with Gasteiger partial charge in [0.25, 0.3) is 0 Å². The Morgan fingerprint density at radius 1 is 1.06 bits per heavy atom. The molecule has 0 aromatic carbocycles. The van der Waals surface area contributed by atoms with Crippen LogP contribution in [-0.2, 0) is 0 Å². The summed E-state index contributed by atoms with van der Waals surface area (Å²) in [5.41, 5.74) is 1.29. The van der Waals surface area contributed by atoms with Gasteiger partial charge in [0.2, 0.25) is 0 Å². The van der Waals surface area contributed by atoms with Crippen molar-refractivity contribution in [3.63, 3.8) is 0 Å². The molecule has 0 aromatic heterocycles. The predicted molar refractivity (Wildman–Crippen MR) is 74.2 cm³/mol. The number of rotatable bonds is 5. The van der Waals surface area contributed by atoms with Crippen molar-refractivity contribution in [3.8, 4) is 0 Å². The summed E-state index contributed by atoms with van der Waals surface area (Å²) in [5, 5.41) is 1.21. The van der Waals surface area contributed by atoms with Gasteiger partial charge in [-0.25, -0.2) is 0 Å². The van der Waals surface area contributed by atoms with Gasteiger partial charge in [-0.15, -0.1) is 0 Å². The molecular formula is C14H26BrN. The van der Waals surface area contributed by atoms with E-state index in [4.69, 9.17) is 0 Å². The molecule has 0 aromatic rings. The lowest BCUT2D eigenvalue weighted by Crippen LogP contribution is -2.43. The zero-order valence-corrected chi connectivity index (χ0v) is 12.5. The highest BCUT2D eigenvalue weighted by molar-refractivity contribution is 9.09. The first-order valence-electron chi connectivity index (χ1n) is 6.96. The fourth-order valence-electron chi connectivity index (χ4n) is 3.47. The number of halogens is 1. The fourth-order valence-corrected chi connectivity index (χ4v) is 4.21. The van der Waals surface area contributed by atoms with Crippen molar-refractivity contribution < 1.29 is 0 Å². The van der Waals surface area contributed by atoms with Gasteiger partial charge in [0.05, 0.1) is 0 Å². The Hall–Kier alpha value is 0.440. The smallest absolute Gasteiger partial charge is 0.0100 e. The van der Waals surface area contributed by atoms with Gasteiger partial charge in [-0.1, -0.05) is 36.2 Å². The minimum absolute atomic E-state index is 0.636. The van der Waals surface area contributed by atoms with Crippen LogP contribution < -0.4 is 0 Å². The molecule has 0 atom stereocenters. The van der Waals surface area contributed by atoms with Gasteiger partial charge in [0.1, 0.15) is 0 Å². The van der Waals surface area contributed by atoms with E-state index in [-0.39, 0.29) is 0 Å². The number of alkyl halides is 1. The largest absolute Gasteiger partial charge is 0.302 e. The van der Waals surface area contributed by atoms with E-state index in [1.165, 1.54) is 63.5 Å². The van der Waals surface area contributed by atoms with Gasteiger partial charge in [-0.3, -0.25) is 0 Å². The molecule has 1 aliphatic carbocycles. The summed E-state index contributed by atoms with van der Waals surface area (Å²) in [6.45, 7) is 8.79. The summed E-state index contributed by atoms with van der Waals surface area (Å²) in [6, 6.07) is 0. The molecule has 0 spiro atoms. The van der Waals surface area contributed by atoms with E-state index in [1.807, 2.05) is 0 Å². The van der Waals surface area contributed by atoms with Crippen molar-refractivity contribution in [2.45, 2.75) is 52.4 Å². The van der Waals surface area contributed by atoms with Crippen LogP contribution in [0.15, 0.2) is 0 Å². The Bertz CT molecular complexity index is 225. The first kappa shape index (κ1) is 12.9. The third kappa shape index (κ3) is 2.33. The van der Waals surface area contributed by atoms with Crippen molar-refractivity contribution in [3.05, 3.63) is 0 Å². The molecule has 2 rings (SSSR count). The maximum Gasteiger partial charge on any atom is 0.0100 e. The van der Waals surface area contributed by atoms with Gasteiger partial charge in [0.15, 0.2) is 0 Å². The molecule has 0 unspecified atom stereocenters. The summed E-state index contributed by atoms with van der Waals surface area (Å²) >= 11 is 3.73. The van der Waals surface area contributed by atoms with E-state index in [1.54, 1.807) is 0 Å². The van der Waals surface area contributed by atoms with E-state index in [2.05, 4.69) is 34.7 Å². The molecule has 94 valence electrons. The molecule has 2 aliphatic rings. The van der Waals surface area contributed by atoms with Crippen LogP contribution in [0.1, 0.15) is 52.4 Å². The Balaban J connectivity index is 1.89. The lowest BCUT2D eigenvalue weighted by Gasteiger charge is -2.43. The molecule has 1 heterocycles. The first-order chi connectivity index (χ1) is 7.67. The summed E-state index contributed by atoms with van der Waals surface area (Å²) in [7, 11) is 0. The topological polar surface area (TPSA) is 3.24 Å². The third-order valence-electron chi connectivity index (χ3n) is 5.27. The van der Waals surface area contributed by atoms with Crippen molar-refractivity contribution in [1.29, 1.82) is 0 Å². The van der Waals surface area contributed by atoms with Crippen LogP contribution >= 0.6 is 15.9 Å². The van der Waals surface area contributed by atoms with Crippen LogP contribution in [0.3, 0.4) is 0 Å². The molecule has 2 heteroatoms. The quantitative estimate of drug-likeness (QED) is 0.689. The van der Waals surface area contributed by atoms with Crippen molar-refractivity contribution >= 4 is 15.9 Å². The second-order valence-electron chi connectivity index (χ2n) is 6.15. The molecule has 0 radical (unpaired) electrons. The lowest BCUT2D eigenvalue weighted by atomic mass is 9.70. The number of hydrogen-bond acceptors (Lipinski definition) is 1. The molecule has 0 N–H and O–H groups in total. The number of nitrogens with zero attached hydrogens (tertiary/aromatic N) is 1. The predicted octanol–water partition coefficient (Wildman–Crippen LogP) is 4.06. The second-order valence-corrected chi connectivity index (χ2v) is 6.72. The van der Waals surface area contributed by atoms with Gasteiger partial charge < -0.3 is 4.90 Å². The monoisotopic (exact) mass is 287 g/mol. The molecule has 2 fully saturated rings. The molecule has 1 saturated carbocycles. The van der Waals surface area contributed by atoms with E-state index >= 15 is 0 Å². The summed E-state index contributed by atoms with van der Waals surface area (Å²) in [4.78, 5) is 2.74. The molecule has 1 nitrogen and oxygen atoms in total. The van der Waals surface area contributed by atoms with E-state index < -0.39 is 0 Å². The summed E-state index contributed by atoms with van der Waals surface area (Å²) in [5.74, 6) is 0. The maximum atomic E-state index is 3.73. The minimum atomic E-state index is 0.636. The highest BCUT2D eigenvalue weighted by Crippen LogP contribution is 2.45. The van der Waals surface area contributed by atoms with Gasteiger partial charge in [-0.2, -0.15) is 0 Å². The zero-order valence-electron chi connectivity index (χ0n) is 10.9. The van der Waals surface area contributed by atoms with Crippen molar-refractivity contribution in [1.82, 2.24) is 4.90 Å². The Labute approximate surface area is 109 Å². The molecule has 16 heavy (non-hydrogen) atoms. The van der Waals surface area contributed by atoms with Crippen LogP contribution in [0, 0.1) is 10.8 Å². The lowest BCUT2D eigenvalue weighted by molar-refractivity contribution is 0.0959. The van der Waals surface area contributed by atoms with E-state index in [0.29, 0.717) is 10.8 Å². The minimum Gasteiger partial charge on any atom is -0.302 e. The van der Waals surface area contributed by atoms with Gasteiger partial charge in [0, 0.05) is 18.4 Å². The van der Waals surface area contributed by atoms with Crippen LogP contribution in [0.25, 0.3) is 0 Å². The van der Waals surface area contributed by atoms with E-state index in [0.717, 1.165) is 0 Å². The summed E-state index contributed by atoms with van der Waals surface area (Å²) in [6.07, 6.45) is 8.49. The highest BCUT2D eigenvalue weighted by atomic mass is 79.9. The highest BCUT2D eigenvalue weighted by Gasteiger charge is 2.41. The normalized spacial score (nSPS) is 27.9. The average molecular weight is 288 g/mol. The van der Waals surface area contributed by atoms with Crippen LogP contribution in [-0.4, -0.2) is 29.9 Å². The molecule has 1 saturated heterocycles. The molecular weight excluding hydrogens is 262 g/mol. The summed E-state index contributed by atoms with van der Waals surface area (Å²) < 4.78 is 0. The van der Waals surface area contributed by atoms with Gasteiger partial charge in [-0.05, 0) is 49.5 Å². The van der Waals surface area contributed by atoms with Crippen LogP contribution in [0.2, 0.25) is 0 Å².